The van der Waals surface area contributed by atoms with Crippen LogP contribution < -0.4 is 10.6 Å². The molecule has 0 aromatic rings. The van der Waals surface area contributed by atoms with Crippen LogP contribution in [0.4, 0.5) is 9.59 Å². The SMILES string of the molecule is COCCNC(=O)NCC1C(C)OC(C)(C)N1C(=O)OC(C)(C)C. The van der Waals surface area contributed by atoms with E-state index in [0.717, 1.165) is 0 Å². The lowest BCUT2D eigenvalue weighted by atomic mass is 10.1. The van der Waals surface area contributed by atoms with E-state index in [1.54, 1.807) is 12.0 Å². The number of nitrogens with one attached hydrogen (secondary N) is 2. The lowest BCUT2D eigenvalue weighted by molar-refractivity contribution is -0.0756. The van der Waals surface area contributed by atoms with E-state index in [4.69, 9.17) is 14.2 Å². The van der Waals surface area contributed by atoms with Crippen LogP contribution in [-0.2, 0) is 14.2 Å². The van der Waals surface area contributed by atoms with Gasteiger partial charge >= 0.3 is 12.1 Å². The van der Waals surface area contributed by atoms with Gasteiger partial charge in [-0.15, -0.1) is 0 Å². The minimum atomic E-state index is -0.805. The lowest BCUT2D eigenvalue weighted by Crippen LogP contribution is -2.54. The Morgan fingerprint density at radius 3 is 2.42 bits per heavy atom. The van der Waals surface area contributed by atoms with E-state index in [0.29, 0.717) is 13.2 Å². The van der Waals surface area contributed by atoms with Gasteiger partial charge in [-0.05, 0) is 41.5 Å². The number of urea groups is 1. The molecule has 0 aromatic heterocycles. The third-order valence-electron chi connectivity index (χ3n) is 3.58. The molecular formula is C16H31N3O5. The van der Waals surface area contributed by atoms with E-state index in [1.807, 2.05) is 41.5 Å². The van der Waals surface area contributed by atoms with Crippen LogP contribution in [0.1, 0.15) is 41.5 Å². The molecule has 0 bridgehead atoms. The minimum Gasteiger partial charge on any atom is -0.444 e. The van der Waals surface area contributed by atoms with Crippen molar-refractivity contribution in [2.45, 2.75) is 65.0 Å². The largest absolute Gasteiger partial charge is 0.444 e. The summed E-state index contributed by atoms with van der Waals surface area (Å²) in [5.41, 5.74) is -1.41. The molecule has 0 spiro atoms. The van der Waals surface area contributed by atoms with E-state index < -0.39 is 17.4 Å². The molecule has 0 radical (unpaired) electrons. The first-order chi connectivity index (χ1) is 11.0. The molecule has 0 aromatic carbocycles. The Morgan fingerprint density at radius 1 is 1.25 bits per heavy atom. The van der Waals surface area contributed by atoms with Gasteiger partial charge in [-0.25, -0.2) is 9.59 Å². The summed E-state index contributed by atoms with van der Waals surface area (Å²) in [4.78, 5) is 25.9. The molecule has 1 aliphatic rings. The Hall–Kier alpha value is -1.54. The van der Waals surface area contributed by atoms with Crippen molar-refractivity contribution in [3.63, 3.8) is 0 Å². The van der Waals surface area contributed by atoms with Gasteiger partial charge in [-0.1, -0.05) is 0 Å². The fourth-order valence-corrected chi connectivity index (χ4v) is 2.65. The molecule has 1 aliphatic heterocycles. The Morgan fingerprint density at radius 2 is 1.88 bits per heavy atom. The van der Waals surface area contributed by atoms with Crippen LogP contribution >= 0.6 is 0 Å². The summed E-state index contributed by atoms with van der Waals surface area (Å²) in [6.45, 7) is 12.1. The fourth-order valence-electron chi connectivity index (χ4n) is 2.65. The molecule has 0 saturated carbocycles. The summed E-state index contributed by atoms with van der Waals surface area (Å²) >= 11 is 0. The number of rotatable bonds is 5. The Bertz CT molecular complexity index is 447. The van der Waals surface area contributed by atoms with Crippen molar-refractivity contribution in [2.24, 2.45) is 0 Å². The summed E-state index contributed by atoms with van der Waals surface area (Å²) in [7, 11) is 1.57. The van der Waals surface area contributed by atoms with Gasteiger partial charge in [0.1, 0.15) is 11.3 Å². The molecule has 3 amide bonds. The summed E-state index contributed by atoms with van der Waals surface area (Å²) in [5.74, 6) is 0. The number of nitrogens with zero attached hydrogens (tertiary/aromatic N) is 1. The van der Waals surface area contributed by atoms with Gasteiger partial charge in [0.15, 0.2) is 0 Å². The van der Waals surface area contributed by atoms with Crippen LogP contribution in [0.2, 0.25) is 0 Å². The van der Waals surface area contributed by atoms with Crippen molar-refractivity contribution in [2.75, 3.05) is 26.8 Å². The van der Waals surface area contributed by atoms with Gasteiger partial charge in [0.05, 0.1) is 18.8 Å². The number of hydrogen-bond acceptors (Lipinski definition) is 5. The van der Waals surface area contributed by atoms with E-state index in [2.05, 4.69) is 10.6 Å². The molecule has 8 nitrogen and oxygen atoms in total. The fraction of sp³-hybridized carbons (Fsp3) is 0.875. The van der Waals surface area contributed by atoms with Crippen molar-refractivity contribution in [1.82, 2.24) is 15.5 Å². The predicted octanol–water partition coefficient (Wildman–Crippen LogP) is 1.69. The van der Waals surface area contributed by atoms with Gasteiger partial charge in [0.25, 0.3) is 0 Å². The van der Waals surface area contributed by atoms with Crippen LogP contribution in [0, 0.1) is 0 Å². The highest BCUT2D eigenvalue weighted by molar-refractivity contribution is 5.74. The van der Waals surface area contributed by atoms with Gasteiger partial charge in [0, 0.05) is 20.2 Å². The first-order valence-electron chi connectivity index (χ1n) is 8.18. The second-order valence-corrected chi connectivity index (χ2v) is 7.32. The number of carbonyl (C=O) groups excluding carboxylic acids is 2. The summed E-state index contributed by atoms with van der Waals surface area (Å²) in [5, 5.41) is 5.44. The second-order valence-electron chi connectivity index (χ2n) is 7.32. The highest BCUT2D eigenvalue weighted by Gasteiger charge is 2.49. The Balaban J connectivity index is 2.71. The van der Waals surface area contributed by atoms with Crippen LogP contribution in [0.5, 0.6) is 0 Å². The molecule has 140 valence electrons. The maximum atomic E-state index is 12.6. The molecule has 1 rings (SSSR count). The van der Waals surface area contributed by atoms with Crippen LogP contribution in [0.3, 0.4) is 0 Å². The maximum absolute atomic E-state index is 12.6. The second kappa shape index (κ2) is 8.02. The average Bonchev–Trinajstić information content (AvgIpc) is 2.63. The zero-order valence-electron chi connectivity index (χ0n) is 15.8. The van der Waals surface area contributed by atoms with E-state index in [9.17, 15) is 9.59 Å². The normalized spacial score (nSPS) is 23.0. The topological polar surface area (TPSA) is 89.1 Å². The number of amides is 3. The molecule has 2 N–H and O–H groups in total. The molecule has 2 unspecified atom stereocenters. The summed E-state index contributed by atoms with van der Waals surface area (Å²) in [6.07, 6.45) is -0.685. The number of carbonyl (C=O) groups is 2. The smallest absolute Gasteiger partial charge is 0.412 e. The Kier molecular flexibility index (Phi) is 6.86. The highest BCUT2D eigenvalue weighted by atomic mass is 16.6. The monoisotopic (exact) mass is 345 g/mol. The number of hydrogen-bond donors (Lipinski definition) is 2. The van der Waals surface area contributed by atoms with E-state index in [1.165, 1.54) is 0 Å². The van der Waals surface area contributed by atoms with Gasteiger partial charge in [-0.3, -0.25) is 4.90 Å². The molecule has 1 saturated heterocycles. The zero-order chi connectivity index (χ0) is 18.5. The zero-order valence-corrected chi connectivity index (χ0v) is 15.8. The lowest BCUT2D eigenvalue weighted by Gasteiger charge is -2.35. The standard InChI is InChI=1S/C16H31N3O5/c1-11-12(10-18-13(20)17-8-9-22-7)19(16(5,6)23-11)14(21)24-15(2,3)4/h11-12H,8-10H2,1-7H3,(H2,17,18,20). The first kappa shape index (κ1) is 20.5. The molecular weight excluding hydrogens is 314 g/mol. The molecule has 1 fully saturated rings. The average molecular weight is 345 g/mol. The molecule has 8 heteroatoms. The van der Waals surface area contributed by atoms with E-state index in [-0.39, 0.29) is 24.7 Å². The quantitative estimate of drug-likeness (QED) is 0.740. The molecule has 2 atom stereocenters. The predicted molar refractivity (Wildman–Crippen MR) is 89.8 cm³/mol. The van der Waals surface area contributed by atoms with Crippen molar-refractivity contribution >= 4 is 12.1 Å². The van der Waals surface area contributed by atoms with Gasteiger partial charge in [-0.2, -0.15) is 0 Å². The van der Waals surface area contributed by atoms with Crippen LogP contribution in [0.25, 0.3) is 0 Å². The van der Waals surface area contributed by atoms with Crippen molar-refractivity contribution in [1.29, 1.82) is 0 Å². The third-order valence-corrected chi connectivity index (χ3v) is 3.58. The maximum Gasteiger partial charge on any atom is 0.412 e. The number of methoxy groups -OCH3 is 1. The Labute approximate surface area is 144 Å². The van der Waals surface area contributed by atoms with Crippen molar-refractivity contribution in [3.8, 4) is 0 Å². The van der Waals surface area contributed by atoms with Crippen molar-refractivity contribution < 1.29 is 23.8 Å². The summed E-state index contributed by atoms with van der Waals surface area (Å²) < 4.78 is 16.2. The summed E-state index contributed by atoms with van der Waals surface area (Å²) in [6, 6.07) is -0.629. The van der Waals surface area contributed by atoms with Crippen LogP contribution in [0.15, 0.2) is 0 Å². The number of ether oxygens (including phenoxy) is 3. The molecule has 0 aliphatic carbocycles. The molecule has 1 heterocycles. The highest BCUT2D eigenvalue weighted by Crippen LogP contribution is 2.33. The minimum absolute atomic E-state index is 0.230. The first-order valence-corrected chi connectivity index (χ1v) is 8.18. The van der Waals surface area contributed by atoms with Crippen molar-refractivity contribution in [3.05, 3.63) is 0 Å². The van der Waals surface area contributed by atoms with Gasteiger partial charge in [0.2, 0.25) is 0 Å². The third kappa shape index (κ3) is 5.83. The van der Waals surface area contributed by atoms with Crippen LogP contribution in [-0.4, -0.2) is 67.3 Å². The van der Waals surface area contributed by atoms with Gasteiger partial charge < -0.3 is 24.8 Å². The molecule has 24 heavy (non-hydrogen) atoms. The van der Waals surface area contributed by atoms with E-state index >= 15 is 0 Å².